The summed E-state index contributed by atoms with van der Waals surface area (Å²) >= 11 is 0. The lowest BCUT2D eigenvalue weighted by Gasteiger charge is -2.45. The van der Waals surface area contributed by atoms with Crippen molar-refractivity contribution in [3.8, 4) is 0 Å². The highest BCUT2D eigenvalue weighted by Crippen LogP contribution is 2.27. The van der Waals surface area contributed by atoms with Crippen molar-refractivity contribution >= 4 is 47.3 Å². The van der Waals surface area contributed by atoms with Crippen LogP contribution in [0.1, 0.15) is 0 Å². The van der Waals surface area contributed by atoms with Crippen LogP contribution in [0, 0.1) is 0 Å². The summed E-state index contributed by atoms with van der Waals surface area (Å²) < 4.78 is 0. The van der Waals surface area contributed by atoms with Crippen LogP contribution >= 0.6 is 0 Å². The molecule has 0 spiro atoms. The minimum Gasteiger partial charge on any atom is -0.136 e. The summed E-state index contributed by atoms with van der Waals surface area (Å²) in [5.41, 5.74) is 3.76. The maximum absolute atomic E-state index is 4.55. The first kappa shape index (κ1) is 26.5. The van der Waals surface area contributed by atoms with Crippen molar-refractivity contribution in [2.75, 3.05) is 0 Å². The topological polar surface area (TPSA) is 0 Å². The second-order valence-corrected chi connectivity index (χ2v) is 18.2. The Balaban J connectivity index is 1.87. The first-order valence-electron chi connectivity index (χ1n) is 14.1. The quantitative estimate of drug-likeness (QED) is 0.139. The SMILES string of the molecule is C=C=C([Si](c1ccccc1)(c1ccccc1)c1ccccc1)[Si](c1ccccc1)(c1ccccc1)c1ccccc1. The van der Waals surface area contributed by atoms with Gasteiger partial charge in [-0.25, -0.2) is 0 Å². The van der Waals surface area contributed by atoms with Gasteiger partial charge in [-0.2, -0.15) is 0 Å². The van der Waals surface area contributed by atoms with Crippen LogP contribution in [0.5, 0.6) is 0 Å². The van der Waals surface area contributed by atoms with Gasteiger partial charge < -0.3 is 0 Å². The second-order valence-electron chi connectivity index (χ2n) is 10.2. The predicted octanol–water partition coefficient (Wildman–Crippen LogP) is 5.12. The van der Waals surface area contributed by atoms with E-state index in [9.17, 15) is 0 Å². The van der Waals surface area contributed by atoms with Gasteiger partial charge in [-0.3, -0.25) is 0 Å². The molecule has 0 aliphatic heterocycles. The molecule has 0 saturated carbocycles. The summed E-state index contributed by atoms with van der Waals surface area (Å²) in [7, 11) is -5.86. The molecule has 0 unspecified atom stereocenters. The highest BCUT2D eigenvalue weighted by atomic mass is 28.4. The fraction of sp³-hybridized carbons (Fsp3) is 0. The molecule has 0 fully saturated rings. The van der Waals surface area contributed by atoms with Gasteiger partial charge in [0.1, 0.15) is 0 Å². The Morgan fingerprint density at radius 2 is 0.488 bits per heavy atom. The van der Waals surface area contributed by atoms with Gasteiger partial charge in [-0.1, -0.05) is 189 Å². The number of hydrogen-bond donors (Lipinski definition) is 0. The average molecular weight is 557 g/mol. The lowest BCUT2D eigenvalue weighted by molar-refractivity contribution is 1.64. The molecule has 0 aliphatic carbocycles. The van der Waals surface area contributed by atoms with E-state index in [-0.39, 0.29) is 0 Å². The molecule has 41 heavy (non-hydrogen) atoms. The smallest absolute Gasteiger partial charge is 0.136 e. The lowest BCUT2D eigenvalue weighted by Crippen LogP contribution is -2.80. The van der Waals surface area contributed by atoms with Crippen molar-refractivity contribution in [2.24, 2.45) is 0 Å². The average Bonchev–Trinajstić information content (AvgIpc) is 3.07. The third-order valence-corrected chi connectivity index (χ3v) is 19.5. The molecule has 0 aliphatic rings. The molecule has 0 radical (unpaired) electrons. The third kappa shape index (κ3) is 4.49. The molecule has 0 heterocycles. The molecule has 6 rings (SSSR count). The molecule has 0 amide bonds. The minimum absolute atomic E-state index is 1.33. The van der Waals surface area contributed by atoms with Crippen LogP contribution in [0.4, 0.5) is 0 Å². The Morgan fingerprint density at radius 3 is 0.634 bits per heavy atom. The van der Waals surface area contributed by atoms with Crippen molar-refractivity contribution in [1.29, 1.82) is 0 Å². The van der Waals surface area contributed by atoms with Crippen molar-refractivity contribution < 1.29 is 0 Å². The summed E-state index contributed by atoms with van der Waals surface area (Å²) in [6.45, 7) is 4.55. The van der Waals surface area contributed by atoms with Gasteiger partial charge in [0, 0.05) is 0 Å². The van der Waals surface area contributed by atoms with E-state index >= 15 is 0 Å². The highest BCUT2D eigenvalue weighted by molar-refractivity contribution is 7.33. The van der Waals surface area contributed by atoms with E-state index in [1.165, 1.54) is 35.9 Å². The molecule has 0 N–H and O–H groups in total. The second kappa shape index (κ2) is 11.8. The molecular formula is C39H32Si2. The minimum atomic E-state index is -2.93. The zero-order valence-electron chi connectivity index (χ0n) is 23.0. The van der Waals surface area contributed by atoms with E-state index in [1.54, 1.807) is 0 Å². The van der Waals surface area contributed by atoms with Crippen LogP contribution in [0.25, 0.3) is 0 Å². The largest absolute Gasteiger partial charge is 0.180 e. The van der Waals surface area contributed by atoms with E-state index in [2.05, 4.69) is 194 Å². The van der Waals surface area contributed by atoms with Crippen molar-refractivity contribution in [1.82, 2.24) is 0 Å². The first-order chi connectivity index (χ1) is 20.3. The maximum atomic E-state index is 4.55. The van der Waals surface area contributed by atoms with E-state index in [1.807, 2.05) is 0 Å². The molecule has 0 nitrogen and oxygen atoms in total. The van der Waals surface area contributed by atoms with Gasteiger partial charge >= 0.3 is 0 Å². The Hall–Kier alpha value is -4.73. The van der Waals surface area contributed by atoms with Crippen LogP contribution in [-0.4, -0.2) is 16.1 Å². The lowest BCUT2D eigenvalue weighted by atomic mass is 10.3. The van der Waals surface area contributed by atoms with E-state index in [0.29, 0.717) is 0 Å². The Kier molecular flexibility index (Phi) is 7.62. The van der Waals surface area contributed by atoms with E-state index in [0.717, 1.165) is 0 Å². The molecular weight excluding hydrogens is 525 g/mol. The standard InChI is InChI=1S/C39H32Si2/c1-2-39(40(33-21-9-3-10-22-33,34-23-11-4-12-24-34)35-25-13-5-14-26-35)41(36-27-15-6-16-28-36,37-29-17-7-18-30-37)38-31-19-8-20-32-38/h3-32H,1H2. The number of benzene rings is 6. The van der Waals surface area contributed by atoms with Gasteiger partial charge in [0.05, 0.1) is 0 Å². The van der Waals surface area contributed by atoms with Gasteiger partial charge in [0.25, 0.3) is 0 Å². The molecule has 6 aromatic rings. The highest BCUT2D eigenvalue weighted by Gasteiger charge is 2.55. The van der Waals surface area contributed by atoms with Crippen molar-refractivity contribution in [3.05, 3.63) is 199 Å². The van der Waals surface area contributed by atoms with Crippen molar-refractivity contribution in [3.63, 3.8) is 0 Å². The van der Waals surface area contributed by atoms with Crippen LogP contribution in [-0.2, 0) is 0 Å². The molecule has 0 aromatic heterocycles. The molecule has 0 atom stereocenters. The molecule has 0 saturated heterocycles. The monoisotopic (exact) mass is 556 g/mol. The van der Waals surface area contributed by atoms with Crippen LogP contribution in [0.15, 0.2) is 199 Å². The zero-order valence-corrected chi connectivity index (χ0v) is 25.0. The van der Waals surface area contributed by atoms with Gasteiger partial charge in [0.2, 0.25) is 0 Å². The normalized spacial score (nSPS) is 11.4. The fourth-order valence-corrected chi connectivity index (χ4v) is 19.8. The summed E-state index contributed by atoms with van der Waals surface area (Å²) in [4.78, 5) is 1.33. The Bertz CT molecular complexity index is 1420. The Labute approximate surface area is 245 Å². The van der Waals surface area contributed by atoms with Gasteiger partial charge in [0.15, 0.2) is 16.1 Å². The third-order valence-electron chi connectivity index (χ3n) is 8.17. The van der Waals surface area contributed by atoms with E-state index in [4.69, 9.17) is 0 Å². The summed E-state index contributed by atoms with van der Waals surface area (Å²) in [5, 5.41) is 8.02. The zero-order chi connectivity index (χ0) is 28.0. The number of rotatable bonds is 8. The van der Waals surface area contributed by atoms with Crippen LogP contribution < -0.4 is 31.1 Å². The summed E-state index contributed by atoms with van der Waals surface area (Å²) in [6.07, 6.45) is 0. The predicted molar refractivity (Wildman–Crippen MR) is 181 cm³/mol. The molecule has 6 aromatic carbocycles. The molecule has 0 bridgehead atoms. The van der Waals surface area contributed by atoms with Crippen LogP contribution in [0.2, 0.25) is 0 Å². The molecule has 2 heteroatoms. The Morgan fingerprint density at radius 1 is 0.317 bits per heavy atom. The summed E-state index contributed by atoms with van der Waals surface area (Å²) in [5.74, 6) is 0. The molecule has 196 valence electrons. The first-order valence-corrected chi connectivity index (χ1v) is 18.1. The maximum Gasteiger partial charge on any atom is 0.180 e. The van der Waals surface area contributed by atoms with E-state index < -0.39 is 16.1 Å². The number of hydrogen-bond acceptors (Lipinski definition) is 0. The van der Waals surface area contributed by atoms with Crippen LogP contribution in [0.3, 0.4) is 0 Å². The summed E-state index contributed by atoms with van der Waals surface area (Å²) in [6, 6.07) is 66.8. The fourth-order valence-electron chi connectivity index (χ4n) is 6.54. The van der Waals surface area contributed by atoms with Gasteiger partial charge in [-0.05, 0) is 35.9 Å². The van der Waals surface area contributed by atoms with Crippen molar-refractivity contribution in [2.45, 2.75) is 0 Å². The van der Waals surface area contributed by atoms with Gasteiger partial charge in [-0.15, -0.1) is 5.73 Å².